The minimum Gasteiger partial charge on any atom is -0.389 e. The zero-order valence-corrected chi connectivity index (χ0v) is 12.1. The van der Waals surface area contributed by atoms with Crippen molar-refractivity contribution >= 4 is 27.5 Å². The van der Waals surface area contributed by atoms with Crippen LogP contribution in [0.2, 0.25) is 5.02 Å². The van der Waals surface area contributed by atoms with Crippen LogP contribution in [0.3, 0.4) is 0 Å². The molecule has 0 amide bonds. The highest BCUT2D eigenvalue weighted by Crippen LogP contribution is 2.38. The maximum Gasteiger partial charge on any atom is 0.0737 e. The molecular formula is C13H16BrClO2. The number of hydrogen-bond acceptors (Lipinski definition) is 2. The van der Waals surface area contributed by atoms with E-state index in [1.807, 2.05) is 25.1 Å². The Morgan fingerprint density at radius 1 is 1.53 bits per heavy atom. The van der Waals surface area contributed by atoms with Crippen molar-refractivity contribution in [2.45, 2.75) is 37.9 Å². The summed E-state index contributed by atoms with van der Waals surface area (Å²) in [6, 6.07) is 5.76. The minimum atomic E-state index is -0.642. The van der Waals surface area contributed by atoms with Crippen LogP contribution in [0.15, 0.2) is 22.7 Å². The maximum atomic E-state index is 10.3. The predicted octanol–water partition coefficient (Wildman–Crippen LogP) is 3.58. The molecule has 0 atom stereocenters. The van der Waals surface area contributed by atoms with Gasteiger partial charge in [0.15, 0.2) is 0 Å². The highest BCUT2D eigenvalue weighted by Gasteiger charge is 2.43. The molecule has 17 heavy (non-hydrogen) atoms. The van der Waals surface area contributed by atoms with Crippen molar-refractivity contribution in [1.29, 1.82) is 0 Å². The zero-order valence-electron chi connectivity index (χ0n) is 9.75. The molecule has 1 aliphatic rings. The number of aliphatic hydroxyl groups is 1. The molecule has 1 fully saturated rings. The second kappa shape index (κ2) is 5.27. The SMILES string of the molecule is CCOC1CC(O)(Cc2ccc(Br)cc2Cl)C1. The quantitative estimate of drug-likeness (QED) is 0.919. The molecule has 0 heterocycles. The van der Waals surface area contributed by atoms with Crippen molar-refractivity contribution in [3.05, 3.63) is 33.3 Å². The number of ether oxygens (including phenoxy) is 1. The van der Waals surface area contributed by atoms with Crippen LogP contribution in [0.1, 0.15) is 25.3 Å². The Hall–Kier alpha value is -0.0900. The van der Waals surface area contributed by atoms with Crippen LogP contribution < -0.4 is 0 Å². The normalized spacial score (nSPS) is 27.9. The Kier molecular flexibility index (Phi) is 4.14. The largest absolute Gasteiger partial charge is 0.389 e. The minimum absolute atomic E-state index is 0.208. The van der Waals surface area contributed by atoms with Crippen LogP contribution in [-0.2, 0) is 11.2 Å². The first-order valence-electron chi connectivity index (χ1n) is 5.80. The lowest BCUT2D eigenvalue weighted by Crippen LogP contribution is -2.49. The second-order valence-corrected chi connectivity index (χ2v) is 5.95. The lowest BCUT2D eigenvalue weighted by molar-refractivity contribution is -0.136. The highest BCUT2D eigenvalue weighted by atomic mass is 79.9. The Bertz CT molecular complexity index is 402. The first kappa shape index (κ1) is 13.3. The molecule has 1 aliphatic carbocycles. The molecule has 2 nitrogen and oxygen atoms in total. The summed E-state index contributed by atoms with van der Waals surface area (Å²) in [6.45, 7) is 2.68. The van der Waals surface area contributed by atoms with Gasteiger partial charge in [-0.05, 0) is 24.6 Å². The van der Waals surface area contributed by atoms with E-state index in [0.29, 0.717) is 30.9 Å². The molecular weight excluding hydrogens is 303 g/mol. The van der Waals surface area contributed by atoms with Gasteiger partial charge >= 0.3 is 0 Å². The van der Waals surface area contributed by atoms with E-state index in [2.05, 4.69) is 15.9 Å². The molecule has 0 spiro atoms. The van der Waals surface area contributed by atoms with E-state index in [1.165, 1.54) is 0 Å². The Morgan fingerprint density at radius 3 is 2.82 bits per heavy atom. The van der Waals surface area contributed by atoms with Crippen molar-refractivity contribution in [3.8, 4) is 0 Å². The van der Waals surface area contributed by atoms with Crippen LogP contribution in [-0.4, -0.2) is 23.4 Å². The summed E-state index contributed by atoms with van der Waals surface area (Å²) in [4.78, 5) is 0. The number of benzene rings is 1. The van der Waals surface area contributed by atoms with Gasteiger partial charge in [0.1, 0.15) is 0 Å². The molecule has 1 aromatic carbocycles. The van der Waals surface area contributed by atoms with Gasteiger partial charge in [-0.2, -0.15) is 0 Å². The van der Waals surface area contributed by atoms with Gasteiger partial charge in [0.2, 0.25) is 0 Å². The van der Waals surface area contributed by atoms with Crippen LogP contribution >= 0.6 is 27.5 Å². The lowest BCUT2D eigenvalue weighted by atomic mass is 9.73. The van der Waals surface area contributed by atoms with Crippen molar-refractivity contribution in [2.24, 2.45) is 0 Å². The topological polar surface area (TPSA) is 29.5 Å². The summed E-state index contributed by atoms with van der Waals surface area (Å²) in [7, 11) is 0. The summed E-state index contributed by atoms with van der Waals surface area (Å²) < 4.78 is 6.42. The standard InChI is InChI=1S/C13H16BrClO2/c1-2-17-11-7-13(16,8-11)6-9-3-4-10(14)5-12(9)15/h3-5,11,16H,2,6-8H2,1H3. The third kappa shape index (κ3) is 3.22. The van der Waals surface area contributed by atoms with E-state index < -0.39 is 5.60 Å². The molecule has 1 aromatic rings. The van der Waals surface area contributed by atoms with Crippen LogP contribution in [0.5, 0.6) is 0 Å². The van der Waals surface area contributed by atoms with Gasteiger partial charge in [-0.25, -0.2) is 0 Å². The molecule has 0 unspecified atom stereocenters. The smallest absolute Gasteiger partial charge is 0.0737 e. The van der Waals surface area contributed by atoms with Gasteiger partial charge in [0, 0.05) is 35.4 Å². The molecule has 0 aromatic heterocycles. The Balaban J connectivity index is 1.98. The fourth-order valence-electron chi connectivity index (χ4n) is 2.31. The maximum absolute atomic E-state index is 10.3. The molecule has 4 heteroatoms. The zero-order chi connectivity index (χ0) is 12.5. The third-order valence-corrected chi connectivity index (χ3v) is 4.00. The predicted molar refractivity (Wildman–Crippen MR) is 72.5 cm³/mol. The van der Waals surface area contributed by atoms with E-state index in [-0.39, 0.29) is 6.10 Å². The van der Waals surface area contributed by atoms with Crippen molar-refractivity contribution in [2.75, 3.05) is 6.61 Å². The Labute approximate surface area is 115 Å². The molecule has 1 N–H and O–H groups in total. The van der Waals surface area contributed by atoms with Gasteiger partial charge in [0.25, 0.3) is 0 Å². The average molecular weight is 320 g/mol. The highest BCUT2D eigenvalue weighted by molar-refractivity contribution is 9.10. The molecule has 0 aliphatic heterocycles. The van der Waals surface area contributed by atoms with E-state index in [9.17, 15) is 5.11 Å². The molecule has 0 saturated heterocycles. The van der Waals surface area contributed by atoms with Gasteiger partial charge in [-0.15, -0.1) is 0 Å². The number of halogens is 2. The van der Waals surface area contributed by atoms with Gasteiger partial charge in [-0.1, -0.05) is 33.6 Å². The molecule has 94 valence electrons. The third-order valence-electron chi connectivity index (χ3n) is 3.15. The summed E-state index contributed by atoms with van der Waals surface area (Å²) in [6.07, 6.45) is 2.21. The van der Waals surface area contributed by atoms with E-state index in [0.717, 1.165) is 10.0 Å². The fraction of sp³-hybridized carbons (Fsp3) is 0.538. The fourth-order valence-corrected chi connectivity index (χ4v) is 3.05. The van der Waals surface area contributed by atoms with Crippen LogP contribution in [0, 0.1) is 0 Å². The van der Waals surface area contributed by atoms with E-state index >= 15 is 0 Å². The Morgan fingerprint density at radius 2 is 2.24 bits per heavy atom. The summed E-state index contributed by atoms with van der Waals surface area (Å²) in [5, 5.41) is 11.0. The number of hydrogen-bond donors (Lipinski definition) is 1. The van der Waals surface area contributed by atoms with E-state index in [4.69, 9.17) is 16.3 Å². The number of rotatable bonds is 4. The summed E-state index contributed by atoms with van der Waals surface area (Å²) in [5.74, 6) is 0. The van der Waals surface area contributed by atoms with Crippen molar-refractivity contribution in [3.63, 3.8) is 0 Å². The summed E-state index contributed by atoms with van der Waals surface area (Å²) in [5.41, 5.74) is 0.351. The van der Waals surface area contributed by atoms with Crippen molar-refractivity contribution in [1.82, 2.24) is 0 Å². The molecule has 0 bridgehead atoms. The monoisotopic (exact) mass is 318 g/mol. The van der Waals surface area contributed by atoms with Gasteiger partial charge in [-0.3, -0.25) is 0 Å². The summed E-state index contributed by atoms with van der Waals surface area (Å²) >= 11 is 9.51. The first-order chi connectivity index (χ1) is 8.02. The molecule has 2 rings (SSSR count). The van der Waals surface area contributed by atoms with Gasteiger partial charge < -0.3 is 9.84 Å². The van der Waals surface area contributed by atoms with Crippen LogP contribution in [0.4, 0.5) is 0 Å². The van der Waals surface area contributed by atoms with Crippen LogP contribution in [0.25, 0.3) is 0 Å². The van der Waals surface area contributed by atoms with E-state index in [1.54, 1.807) is 0 Å². The second-order valence-electron chi connectivity index (χ2n) is 4.62. The first-order valence-corrected chi connectivity index (χ1v) is 6.97. The molecule has 0 radical (unpaired) electrons. The van der Waals surface area contributed by atoms with Crippen molar-refractivity contribution < 1.29 is 9.84 Å². The van der Waals surface area contributed by atoms with Gasteiger partial charge in [0.05, 0.1) is 11.7 Å². The molecule has 1 saturated carbocycles. The lowest BCUT2D eigenvalue weighted by Gasteiger charge is -2.43. The average Bonchev–Trinajstić information content (AvgIpc) is 2.21.